The summed E-state index contributed by atoms with van der Waals surface area (Å²) in [6.07, 6.45) is 7.10. The summed E-state index contributed by atoms with van der Waals surface area (Å²) in [7, 11) is 1.98. The van der Waals surface area contributed by atoms with Gasteiger partial charge in [0.15, 0.2) is 0 Å². The second-order valence-corrected chi connectivity index (χ2v) is 3.02. The van der Waals surface area contributed by atoms with E-state index in [1.165, 1.54) is 6.08 Å². The van der Waals surface area contributed by atoms with Gasteiger partial charge in [0.25, 0.3) is 0 Å². The minimum absolute atomic E-state index is 0. The second-order valence-electron chi connectivity index (χ2n) is 3.02. The zero-order chi connectivity index (χ0) is 9.56. The van der Waals surface area contributed by atoms with Crippen LogP contribution in [0.2, 0.25) is 0 Å². The van der Waals surface area contributed by atoms with Gasteiger partial charge in [0.2, 0.25) is 0 Å². The molecule has 0 bridgehead atoms. The zero-order valence-electron chi connectivity index (χ0n) is 8.74. The Bertz CT molecular complexity index is 197. The van der Waals surface area contributed by atoms with Crippen LogP contribution in [0.3, 0.4) is 0 Å². The van der Waals surface area contributed by atoms with Crippen LogP contribution < -0.4 is 0 Å². The van der Waals surface area contributed by atoms with Gasteiger partial charge in [0.1, 0.15) is 0 Å². The molecule has 0 aliphatic carbocycles. The van der Waals surface area contributed by atoms with Crippen molar-refractivity contribution < 1.29 is 37.5 Å². The third-order valence-electron chi connectivity index (χ3n) is 1.63. The van der Waals surface area contributed by atoms with E-state index >= 15 is 0 Å². The number of carbonyl (C=O) groups excluding carboxylic acids is 1. The molecule has 0 fully saturated rings. The molecule has 0 atom stereocenters. The van der Waals surface area contributed by atoms with Gasteiger partial charge in [0.05, 0.1) is 6.29 Å². The molecule has 13 heavy (non-hydrogen) atoms. The van der Waals surface area contributed by atoms with Gasteiger partial charge in [-0.2, -0.15) is 6.08 Å². The first-order chi connectivity index (χ1) is 5.57. The van der Waals surface area contributed by atoms with E-state index in [1.54, 1.807) is 0 Å². The fourth-order valence-corrected chi connectivity index (χ4v) is 0.503. The van der Waals surface area contributed by atoms with Crippen LogP contribution in [0.1, 0.15) is 20.8 Å². The van der Waals surface area contributed by atoms with Crippen LogP contribution in [0.15, 0.2) is 17.8 Å². The number of rotatable bonds is 4. The summed E-state index contributed by atoms with van der Waals surface area (Å²) in [6.45, 7) is 6.03. The van der Waals surface area contributed by atoms with Crippen molar-refractivity contribution in [3.63, 3.8) is 0 Å². The average molecular weight is 255 g/mol. The Labute approximate surface area is 106 Å². The maximum Gasteiger partial charge on any atom is 0.0630 e. The maximum absolute atomic E-state index is 10.0. The minimum Gasteiger partial charge on any atom is -0.395 e. The van der Waals surface area contributed by atoms with Crippen molar-refractivity contribution in [2.24, 2.45) is 0 Å². The Morgan fingerprint density at radius 3 is 2.38 bits per heavy atom. The van der Waals surface area contributed by atoms with Crippen molar-refractivity contribution >= 4 is 6.29 Å². The smallest absolute Gasteiger partial charge is 0.0630 e. The molecule has 1 radical (unpaired) electrons. The fraction of sp³-hybridized carbons (Fsp3) is 0.500. The first-order valence-electron chi connectivity index (χ1n) is 4.01. The molecule has 0 spiro atoms. The average Bonchev–Trinajstić information content (AvgIpc) is 2.00. The summed E-state index contributed by atoms with van der Waals surface area (Å²) >= 11 is 0. The molecule has 71 valence electrons. The monoisotopic (exact) mass is 255 g/mol. The number of hydrogen-bond acceptors (Lipinski definition) is 2. The van der Waals surface area contributed by atoms with Crippen LogP contribution in [0, 0.1) is 6.08 Å². The summed E-state index contributed by atoms with van der Waals surface area (Å²) in [6, 6.07) is 0.460. The van der Waals surface area contributed by atoms with E-state index in [0.717, 1.165) is 11.9 Å². The zero-order valence-corrected chi connectivity index (χ0v) is 11.6. The summed E-state index contributed by atoms with van der Waals surface area (Å²) in [5, 5.41) is 0. The third-order valence-corrected chi connectivity index (χ3v) is 1.63. The number of nitrogens with zero attached hydrogens (tertiary/aromatic N) is 1. The van der Waals surface area contributed by atoms with Crippen LogP contribution in [0.4, 0.5) is 0 Å². The molecule has 0 aliphatic rings. The molecule has 0 aliphatic heterocycles. The van der Waals surface area contributed by atoms with Gasteiger partial charge < -0.3 is 9.69 Å². The molecule has 0 rings (SSSR count). The Morgan fingerprint density at radius 2 is 2.00 bits per heavy atom. The van der Waals surface area contributed by atoms with E-state index in [1.807, 2.05) is 25.1 Å². The predicted octanol–water partition coefficient (Wildman–Crippen LogP) is 1.79. The van der Waals surface area contributed by atoms with Gasteiger partial charge in [0, 0.05) is 45.8 Å². The van der Waals surface area contributed by atoms with Crippen molar-refractivity contribution in [3.8, 4) is 0 Å². The third kappa shape index (κ3) is 8.39. The van der Waals surface area contributed by atoms with E-state index in [4.69, 9.17) is 0 Å². The normalized spacial score (nSPS) is 11.6. The van der Waals surface area contributed by atoms with E-state index < -0.39 is 0 Å². The molecular formula is C10H16NOY-. The summed E-state index contributed by atoms with van der Waals surface area (Å²) in [5.74, 6) is 0. The van der Waals surface area contributed by atoms with Crippen molar-refractivity contribution in [1.29, 1.82) is 0 Å². The Balaban J connectivity index is 0. The van der Waals surface area contributed by atoms with Crippen molar-refractivity contribution in [3.05, 3.63) is 23.9 Å². The van der Waals surface area contributed by atoms with Gasteiger partial charge in [-0.05, 0) is 13.8 Å². The summed E-state index contributed by atoms with van der Waals surface area (Å²) in [4.78, 5) is 12.1. The molecular weight excluding hydrogens is 239 g/mol. The maximum atomic E-state index is 10.0. The molecule has 0 aromatic carbocycles. The second kappa shape index (κ2) is 8.64. The van der Waals surface area contributed by atoms with Gasteiger partial charge in [-0.1, -0.05) is 13.1 Å². The van der Waals surface area contributed by atoms with E-state index in [2.05, 4.69) is 19.9 Å². The predicted molar refractivity (Wildman–Crippen MR) is 50.5 cm³/mol. The Morgan fingerprint density at radius 1 is 1.46 bits per heavy atom. The van der Waals surface area contributed by atoms with Crippen molar-refractivity contribution in [1.82, 2.24) is 4.90 Å². The van der Waals surface area contributed by atoms with Crippen LogP contribution >= 0.6 is 0 Å². The SMILES string of the molecule is C/C([C-]=CN(C)C(C)C)=C/C=O.[Y]. The first kappa shape index (κ1) is 15.5. The number of aldehydes is 1. The molecule has 0 amide bonds. The number of carbonyl (C=O) groups is 1. The quantitative estimate of drug-likeness (QED) is 0.330. The van der Waals surface area contributed by atoms with Crippen LogP contribution in [-0.2, 0) is 37.5 Å². The first-order valence-corrected chi connectivity index (χ1v) is 4.01. The molecule has 0 N–H and O–H groups in total. The largest absolute Gasteiger partial charge is 0.395 e. The van der Waals surface area contributed by atoms with E-state index in [-0.39, 0.29) is 32.7 Å². The Kier molecular flexibility index (Phi) is 10.3. The van der Waals surface area contributed by atoms with E-state index in [9.17, 15) is 4.79 Å². The van der Waals surface area contributed by atoms with Crippen LogP contribution in [0.5, 0.6) is 0 Å². The molecule has 0 aromatic rings. The van der Waals surface area contributed by atoms with Crippen molar-refractivity contribution in [2.45, 2.75) is 26.8 Å². The molecule has 2 nitrogen and oxygen atoms in total. The Hall–Kier alpha value is 0.0539. The van der Waals surface area contributed by atoms with Gasteiger partial charge in [-0.25, -0.2) is 11.6 Å². The van der Waals surface area contributed by atoms with Crippen LogP contribution in [0.25, 0.3) is 0 Å². The van der Waals surface area contributed by atoms with E-state index in [0.29, 0.717) is 6.04 Å². The molecule has 0 saturated heterocycles. The molecule has 0 heterocycles. The van der Waals surface area contributed by atoms with Crippen LogP contribution in [-0.4, -0.2) is 24.3 Å². The van der Waals surface area contributed by atoms with Gasteiger partial charge in [-0.15, -0.1) is 0 Å². The molecule has 0 unspecified atom stereocenters. The molecule has 0 aromatic heterocycles. The summed E-state index contributed by atoms with van der Waals surface area (Å²) < 4.78 is 0. The molecule has 0 saturated carbocycles. The minimum atomic E-state index is 0. The van der Waals surface area contributed by atoms with Crippen molar-refractivity contribution in [2.75, 3.05) is 7.05 Å². The van der Waals surface area contributed by atoms with Gasteiger partial charge >= 0.3 is 0 Å². The fourth-order valence-electron chi connectivity index (χ4n) is 0.503. The molecule has 3 heteroatoms. The standard InChI is InChI=1S/C10H16NO.Y/c1-9(2)11(4)7-5-10(3)6-8-12;/h6-9H,1-4H3;/q-1;/b10-6-;. The summed E-state index contributed by atoms with van der Waals surface area (Å²) in [5.41, 5.74) is 0.845. The number of hydrogen-bond donors (Lipinski definition) is 0. The topological polar surface area (TPSA) is 20.3 Å². The number of allylic oxidation sites excluding steroid dienone is 3. The van der Waals surface area contributed by atoms with Gasteiger partial charge in [-0.3, -0.25) is 0 Å².